The molecule has 0 spiro atoms. The Bertz CT molecular complexity index is 1010. The van der Waals surface area contributed by atoms with Crippen LogP contribution < -0.4 is 22.1 Å². The highest BCUT2D eigenvalue weighted by Gasteiger charge is 2.23. The first-order chi connectivity index (χ1) is 13.6. The standard InChI is InChI=1S/C19H22N8O/c20-13-5-1-2-6-15(13)24-19-25-18(16(17(21)28)26-27-19)23-12-7-8-14-11(10-12)4-3-9-22-14/h3-4,7-10,13,15H,1-2,5-6,20H2,(H2,21,28)(H2,23,24,25,27)/t13-,15+/m0/s1. The van der Waals surface area contributed by atoms with E-state index in [-0.39, 0.29) is 23.6 Å². The van der Waals surface area contributed by atoms with Crippen molar-refractivity contribution in [2.75, 3.05) is 10.6 Å². The Balaban J connectivity index is 1.62. The number of nitrogens with two attached hydrogens (primary N) is 2. The molecule has 1 aliphatic rings. The molecule has 0 aliphatic heterocycles. The topological polar surface area (TPSA) is 145 Å². The molecule has 144 valence electrons. The molecule has 1 aromatic carbocycles. The number of pyridine rings is 1. The number of hydrogen-bond acceptors (Lipinski definition) is 8. The highest BCUT2D eigenvalue weighted by molar-refractivity contribution is 5.96. The number of rotatable bonds is 5. The summed E-state index contributed by atoms with van der Waals surface area (Å²) in [5.41, 5.74) is 13.2. The predicted molar refractivity (Wildman–Crippen MR) is 107 cm³/mol. The van der Waals surface area contributed by atoms with E-state index in [1.807, 2.05) is 30.3 Å². The van der Waals surface area contributed by atoms with Crippen molar-refractivity contribution in [2.24, 2.45) is 11.5 Å². The summed E-state index contributed by atoms with van der Waals surface area (Å²) in [5, 5.41) is 15.3. The van der Waals surface area contributed by atoms with Crippen molar-refractivity contribution in [1.82, 2.24) is 20.2 Å². The first-order valence-corrected chi connectivity index (χ1v) is 9.28. The van der Waals surface area contributed by atoms with E-state index in [0.29, 0.717) is 5.95 Å². The maximum Gasteiger partial charge on any atom is 0.273 e. The van der Waals surface area contributed by atoms with Crippen LogP contribution in [-0.2, 0) is 0 Å². The fourth-order valence-electron chi connectivity index (χ4n) is 3.43. The summed E-state index contributed by atoms with van der Waals surface area (Å²) in [6.45, 7) is 0. The molecule has 2 atom stereocenters. The van der Waals surface area contributed by atoms with Crippen molar-refractivity contribution in [3.63, 3.8) is 0 Å². The molecule has 0 unspecified atom stereocenters. The first kappa shape index (κ1) is 18.1. The fraction of sp³-hybridized carbons (Fsp3) is 0.316. The van der Waals surface area contributed by atoms with Crippen LogP contribution >= 0.6 is 0 Å². The van der Waals surface area contributed by atoms with Crippen LogP contribution in [0.1, 0.15) is 36.2 Å². The van der Waals surface area contributed by atoms with Gasteiger partial charge in [-0.3, -0.25) is 9.78 Å². The van der Waals surface area contributed by atoms with E-state index in [9.17, 15) is 4.79 Å². The smallest absolute Gasteiger partial charge is 0.273 e. The van der Waals surface area contributed by atoms with Crippen molar-refractivity contribution in [3.8, 4) is 0 Å². The average Bonchev–Trinajstić information content (AvgIpc) is 2.70. The number of amides is 1. The zero-order valence-electron chi connectivity index (χ0n) is 15.3. The van der Waals surface area contributed by atoms with Crippen LogP contribution in [0.25, 0.3) is 10.9 Å². The van der Waals surface area contributed by atoms with E-state index in [1.165, 1.54) is 0 Å². The second kappa shape index (κ2) is 7.73. The number of carbonyl (C=O) groups is 1. The van der Waals surface area contributed by atoms with Crippen molar-refractivity contribution in [1.29, 1.82) is 0 Å². The highest BCUT2D eigenvalue weighted by Crippen LogP contribution is 2.23. The molecule has 6 N–H and O–H groups in total. The summed E-state index contributed by atoms with van der Waals surface area (Å²) >= 11 is 0. The molecule has 2 aromatic heterocycles. The lowest BCUT2D eigenvalue weighted by Crippen LogP contribution is -2.43. The molecule has 9 nitrogen and oxygen atoms in total. The minimum absolute atomic E-state index is 0.0234. The Kier molecular flexibility index (Phi) is 4.98. The summed E-state index contributed by atoms with van der Waals surface area (Å²) in [6, 6.07) is 9.59. The van der Waals surface area contributed by atoms with E-state index < -0.39 is 5.91 Å². The van der Waals surface area contributed by atoms with Gasteiger partial charge in [-0.25, -0.2) is 0 Å². The van der Waals surface area contributed by atoms with Gasteiger partial charge in [-0.05, 0) is 37.1 Å². The Labute approximate surface area is 162 Å². The van der Waals surface area contributed by atoms with Crippen molar-refractivity contribution < 1.29 is 4.79 Å². The number of primary amides is 1. The maximum absolute atomic E-state index is 11.8. The molecule has 1 fully saturated rings. The minimum atomic E-state index is -0.703. The Morgan fingerprint density at radius 3 is 2.82 bits per heavy atom. The molecule has 0 saturated heterocycles. The van der Waals surface area contributed by atoms with Gasteiger partial charge in [0.25, 0.3) is 5.91 Å². The summed E-state index contributed by atoms with van der Waals surface area (Å²) in [6.07, 6.45) is 5.88. The van der Waals surface area contributed by atoms with Crippen LogP contribution in [0.15, 0.2) is 36.5 Å². The molecule has 9 heteroatoms. The lowest BCUT2D eigenvalue weighted by Gasteiger charge is -2.29. The zero-order chi connectivity index (χ0) is 19.5. The molecule has 1 saturated carbocycles. The quantitative estimate of drug-likeness (QED) is 0.527. The number of nitrogens with one attached hydrogen (secondary N) is 2. The van der Waals surface area contributed by atoms with Gasteiger partial charge >= 0.3 is 0 Å². The average molecular weight is 378 g/mol. The van der Waals surface area contributed by atoms with Gasteiger partial charge in [0.15, 0.2) is 11.5 Å². The van der Waals surface area contributed by atoms with Gasteiger partial charge < -0.3 is 22.1 Å². The van der Waals surface area contributed by atoms with Gasteiger partial charge in [-0.15, -0.1) is 10.2 Å². The Hall–Kier alpha value is -3.33. The monoisotopic (exact) mass is 378 g/mol. The number of hydrogen-bond donors (Lipinski definition) is 4. The second-order valence-electron chi connectivity index (χ2n) is 6.93. The SMILES string of the molecule is NC(=O)c1nnc(N[C@@H]2CCCC[C@@H]2N)nc1Nc1ccc2ncccc2c1. The summed E-state index contributed by atoms with van der Waals surface area (Å²) in [4.78, 5) is 20.5. The lowest BCUT2D eigenvalue weighted by molar-refractivity contribution is 0.0995. The van der Waals surface area contributed by atoms with Gasteiger partial charge in [0, 0.05) is 29.4 Å². The maximum atomic E-state index is 11.8. The van der Waals surface area contributed by atoms with Crippen LogP contribution in [-0.4, -0.2) is 38.2 Å². The van der Waals surface area contributed by atoms with Gasteiger partial charge in [-0.2, -0.15) is 4.98 Å². The Morgan fingerprint density at radius 2 is 2.00 bits per heavy atom. The third-order valence-corrected chi connectivity index (χ3v) is 4.92. The normalized spacial score (nSPS) is 19.3. The number of benzene rings is 1. The number of nitrogens with zero attached hydrogens (tertiary/aromatic N) is 4. The predicted octanol–water partition coefficient (Wildman–Crippen LogP) is 1.94. The number of aromatic nitrogens is 4. The number of carbonyl (C=O) groups excluding carboxylic acids is 1. The summed E-state index contributed by atoms with van der Waals surface area (Å²) in [5.74, 6) is -0.138. The molecule has 1 aliphatic carbocycles. The number of anilines is 3. The lowest BCUT2D eigenvalue weighted by atomic mass is 9.91. The van der Waals surface area contributed by atoms with Gasteiger partial charge in [0.05, 0.1) is 5.52 Å². The first-order valence-electron chi connectivity index (χ1n) is 9.28. The minimum Gasteiger partial charge on any atom is -0.364 e. The third-order valence-electron chi connectivity index (χ3n) is 4.92. The Morgan fingerprint density at radius 1 is 1.14 bits per heavy atom. The molecular formula is C19H22N8O. The van der Waals surface area contributed by atoms with E-state index in [1.54, 1.807) is 6.20 Å². The van der Waals surface area contributed by atoms with Crippen molar-refractivity contribution >= 4 is 34.3 Å². The highest BCUT2D eigenvalue weighted by atomic mass is 16.1. The van der Waals surface area contributed by atoms with Crippen LogP contribution in [0.5, 0.6) is 0 Å². The van der Waals surface area contributed by atoms with E-state index in [2.05, 4.69) is 30.8 Å². The van der Waals surface area contributed by atoms with Gasteiger partial charge in [0.1, 0.15) is 0 Å². The largest absolute Gasteiger partial charge is 0.364 e. The van der Waals surface area contributed by atoms with Crippen molar-refractivity contribution in [2.45, 2.75) is 37.8 Å². The number of fused-ring (bicyclic) bond motifs is 1. The fourth-order valence-corrected chi connectivity index (χ4v) is 3.43. The summed E-state index contributed by atoms with van der Waals surface area (Å²) in [7, 11) is 0. The molecule has 28 heavy (non-hydrogen) atoms. The van der Waals surface area contributed by atoms with Crippen LogP contribution in [0.2, 0.25) is 0 Å². The van der Waals surface area contributed by atoms with Gasteiger partial charge in [0.2, 0.25) is 5.95 Å². The van der Waals surface area contributed by atoms with E-state index in [4.69, 9.17) is 11.5 Å². The molecule has 1 amide bonds. The summed E-state index contributed by atoms with van der Waals surface area (Å²) < 4.78 is 0. The molecular weight excluding hydrogens is 356 g/mol. The molecule has 0 radical (unpaired) electrons. The van der Waals surface area contributed by atoms with Crippen LogP contribution in [0.4, 0.5) is 17.5 Å². The third kappa shape index (κ3) is 3.84. The molecule has 2 heterocycles. The zero-order valence-corrected chi connectivity index (χ0v) is 15.3. The van der Waals surface area contributed by atoms with Crippen LogP contribution in [0.3, 0.4) is 0 Å². The van der Waals surface area contributed by atoms with Crippen molar-refractivity contribution in [3.05, 3.63) is 42.2 Å². The molecule has 0 bridgehead atoms. The molecule has 4 rings (SSSR count). The van der Waals surface area contributed by atoms with E-state index in [0.717, 1.165) is 42.3 Å². The van der Waals surface area contributed by atoms with Gasteiger partial charge in [-0.1, -0.05) is 18.9 Å². The second-order valence-corrected chi connectivity index (χ2v) is 6.93. The molecule has 3 aromatic rings. The van der Waals surface area contributed by atoms with Crippen LogP contribution in [0, 0.1) is 0 Å². The van der Waals surface area contributed by atoms with E-state index >= 15 is 0 Å².